The lowest BCUT2D eigenvalue weighted by molar-refractivity contribution is -0.150. The molecule has 0 saturated heterocycles. The third-order valence-electron chi connectivity index (χ3n) is 3.43. The van der Waals surface area contributed by atoms with Crippen LogP contribution in [0.5, 0.6) is 5.75 Å². The number of fused-ring (bicyclic) bond motifs is 3. The van der Waals surface area contributed by atoms with Crippen LogP contribution in [0, 0.1) is 0 Å². The SMILES string of the molecule is CCOC(=O)[C@H]1Oc2ccc3ccccc3c2C=C1C=O. The molecule has 0 bridgehead atoms. The second kappa shape index (κ2) is 5.40. The first-order valence-corrected chi connectivity index (χ1v) is 6.76. The first-order chi connectivity index (χ1) is 10.2. The van der Waals surface area contributed by atoms with E-state index in [2.05, 4.69) is 0 Å². The minimum atomic E-state index is -0.990. The summed E-state index contributed by atoms with van der Waals surface area (Å²) in [6.07, 6.45) is 1.36. The minimum absolute atomic E-state index is 0.245. The molecule has 0 saturated carbocycles. The Morgan fingerprint density at radius 2 is 2.10 bits per heavy atom. The van der Waals surface area contributed by atoms with Crippen molar-refractivity contribution in [3.05, 3.63) is 47.5 Å². The second-order valence-corrected chi connectivity index (χ2v) is 4.71. The van der Waals surface area contributed by atoms with E-state index in [1.165, 1.54) is 0 Å². The predicted octanol–water partition coefficient (Wildman–Crippen LogP) is 2.75. The Hall–Kier alpha value is -2.62. The van der Waals surface area contributed by atoms with E-state index in [-0.39, 0.29) is 12.2 Å². The fourth-order valence-corrected chi connectivity index (χ4v) is 2.46. The van der Waals surface area contributed by atoms with Gasteiger partial charge in [-0.1, -0.05) is 30.3 Å². The summed E-state index contributed by atoms with van der Waals surface area (Å²) in [4.78, 5) is 23.2. The highest BCUT2D eigenvalue weighted by Gasteiger charge is 2.31. The zero-order chi connectivity index (χ0) is 14.8. The van der Waals surface area contributed by atoms with Crippen LogP contribution in [-0.4, -0.2) is 25.0 Å². The van der Waals surface area contributed by atoms with E-state index in [0.29, 0.717) is 12.0 Å². The number of rotatable bonds is 3. The Morgan fingerprint density at radius 1 is 1.29 bits per heavy atom. The van der Waals surface area contributed by atoms with Gasteiger partial charge < -0.3 is 9.47 Å². The van der Waals surface area contributed by atoms with Gasteiger partial charge in [0.05, 0.1) is 6.61 Å². The van der Waals surface area contributed by atoms with Gasteiger partial charge >= 0.3 is 5.97 Å². The summed E-state index contributed by atoms with van der Waals surface area (Å²) in [5, 5.41) is 2.03. The van der Waals surface area contributed by atoms with Crippen LogP contribution in [0.3, 0.4) is 0 Å². The maximum atomic E-state index is 11.9. The number of esters is 1. The van der Waals surface area contributed by atoms with E-state index < -0.39 is 12.1 Å². The number of hydrogen-bond acceptors (Lipinski definition) is 4. The fourth-order valence-electron chi connectivity index (χ4n) is 2.46. The van der Waals surface area contributed by atoms with Crippen molar-refractivity contribution in [2.75, 3.05) is 6.61 Å². The Labute approximate surface area is 122 Å². The van der Waals surface area contributed by atoms with Gasteiger partial charge in [0.2, 0.25) is 6.10 Å². The van der Waals surface area contributed by atoms with Crippen molar-refractivity contribution >= 4 is 29.1 Å². The van der Waals surface area contributed by atoms with E-state index in [1.807, 2.05) is 36.4 Å². The third kappa shape index (κ3) is 2.29. The van der Waals surface area contributed by atoms with Crippen LogP contribution in [0.25, 0.3) is 16.8 Å². The van der Waals surface area contributed by atoms with Gasteiger partial charge in [0, 0.05) is 11.1 Å². The van der Waals surface area contributed by atoms with Gasteiger partial charge in [-0.05, 0) is 29.8 Å². The number of carbonyl (C=O) groups is 2. The molecule has 2 aromatic rings. The van der Waals surface area contributed by atoms with E-state index in [4.69, 9.17) is 9.47 Å². The first-order valence-electron chi connectivity index (χ1n) is 6.76. The molecular weight excluding hydrogens is 268 g/mol. The van der Waals surface area contributed by atoms with Gasteiger partial charge in [-0.15, -0.1) is 0 Å². The standard InChI is InChI=1S/C17H14O4/c1-2-20-17(19)16-12(10-18)9-14-13-6-4-3-5-11(13)7-8-15(14)21-16/h3-10,16H,2H2,1H3/t16-/m0/s1. The molecule has 1 aliphatic heterocycles. The van der Waals surface area contributed by atoms with Crippen LogP contribution in [0.4, 0.5) is 0 Å². The van der Waals surface area contributed by atoms with Gasteiger partial charge in [0.25, 0.3) is 0 Å². The summed E-state index contributed by atoms with van der Waals surface area (Å²) >= 11 is 0. The van der Waals surface area contributed by atoms with Crippen molar-refractivity contribution in [2.24, 2.45) is 0 Å². The normalized spacial score (nSPS) is 16.6. The molecule has 2 aromatic carbocycles. The topological polar surface area (TPSA) is 52.6 Å². The van der Waals surface area contributed by atoms with Crippen molar-refractivity contribution in [1.82, 2.24) is 0 Å². The van der Waals surface area contributed by atoms with E-state index in [0.717, 1.165) is 16.3 Å². The molecule has 0 spiro atoms. The fraction of sp³-hybridized carbons (Fsp3) is 0.176. The van der Waals surface area contributed by atoms with E-state index in [1.54, 1.807) is 13.0 Å². The molecule has 0 unspecified atom stereocenters. The zero-order valence-electron chi connectivity index (χ0n) is 11.5. The van der Waals surface area contributed by atoms with Crippen LogP contribution in [0.2, 0.25) is 0 Å². The van der Waals surface area contributed by atoms with Crippen LogP contribution >= 0.6 is 0 Å². The molecule has 1 heterocycles. The summed E-state index contributed by atoms with van der Waals surface area (Å²) in [5.74, 6) is 0.0343. The van der Waals surface area contributed by atoms with Gasteiger partial charge in [0.15, 0.2) is 0 Å². The third-order valence-corrected chi connectivity index (χ3v) is 3.43. The van der Waals surface area contributed by atoms with Gasteiger partial charge in [-0.2, -0.15) is 0 Å². The molecule has 106 valence electrons. The maximum absolute atomic E-state index is 11.9. The number of benzene rings is 2. The lowest BCUT2D eigenvalue weighted by Crippen LogP contribution is -2.34. The Morgan fingerprint density at radius 3 is 2.86 bits per heavy atom. The van der Waals surface area contributed by atoms with Crippen LogP contribution < -0.4 is 4.74 Å². The number of carbonyl (C=O) groups excluding carboxylic acids is 2. The largest absolute Gasteiger partial charge is 0.473 e. The number of ether oxygens (including phenoxy) is 2. The molecule has 4 nitrogen and oxygen atoms in total. The summed E-state index contributed by atoms with van der Waals surface area (Å²) in [7, 11) is 0. The van der Waals surface area contributed by atoms with Crippen molar-refractivity contribution in [3.8, 4) is 5.75 Å². The van der Waals surface area contributed by atoms with E-state index >= 15 is 0 Å². The quantitative estimate of drug-likeness (QED) is 0.641. The molecule has 1 atom stereocenters. The van der Waals surface area contributed by atoms with Gasteiger partial charge in [-0.3, -0.25) is 4.79 Å². The lowest BCUT2D eigenvalue weighted by Gasteiger charge is -2.24. The Kier molecular flexibility index (Phi) is 3.44. The van der Waals surface area contributed by atoms with Gasteiger partial charge in [-0.25, -0.2) is 4.79 Å². The molecule has 1 aliphatic rings. The molecule has 0 aromatic heterocycles. The van der Waals surface area contributed by atoms with Crippen molar-refractivity contribution in [3.63, 3.8) is 0 Å². The number of hydrogen-bond donors (Lipinski definition) is 0. The smallest absolute Gasteiger partial charge is 0.352 e. The van der Waals surface area contributed by atoms with Gasteiger partial charge in [0.1, 0.15) is 12.0 Å². The second-order valence-electron chi connectivity index (χ2n) is 4.71. The monoisotopic (exact) mass is 282 g/mol. The van der Waals surface area contributed by atoms with Crippen molar-refractivity contribution in [2.45, 2.75) is 13.0 Å². The minimum Gasteiger partial charge on any atom is -0.473 e. The molecular formula is C17H14O4. The highest BCUT2D eigenvalue weighted by molar-refractivity contribution is 6.01. The van der Waals surface area contributed by atoms with E-state index in [9.17, 15) is 9.59 Å². The Bertz CT molecular complexity index is 746. The molecule has 0 N–H and O–H groups in total. The summed E-state index contributed by atoms with van der Waals surface area (Å²) < 4.78 is 10.6. The van der Waals surface area contributed by atoms with Crippen molar-refractivity contribution < 1.29 is 19.1 Å². The summed E-state index contributed by atoms with van der Waals surface area (Å²) in [6.45, 7) is 1.96. The zero-order valence-corrected chi connectivity index (χ0v) is 11.5. The number of aldehydes is 1. The van der Waals surface area contributed by atoms with Crippen molar-refractivity contribution in [1.29, 1.82) is 0 Å². The average molecular weight is 282 g/mol. The summed E-state index contributed by atoms with van der Waals surface area (Å²) in [5.41, 5.74) is 1.09. The Balaban J connectivity index is 2.12. The predicted molar refractivity (Wildman–Crippen MR) is 79.0 cm³/mol. The maximum Gasteiger partial charge on any atom is 0.352 e. The van der Waals surface area contributed by atoms with Crippen LogP contribution in [-0.2, 0) is 14.3 Å². The first kappa shape index (κ1) is 13.4. The summed E-state index contributed by atoms with van der Waals surface area (Å²) in [6, 6.07) is 11.6. The highest BCUT2D eigenvalue weighted by atomic mass is 16.6. The molecule has 0 aliphatic carbocycles. The molecule has 4 heteroatoms. The van der Waals surface area contributed by atoms with Crippen LogP contribution in [0.1, 0.15) is 12.5 Å². The molecule has 0 fully saturated rings. The van der Waals surface area contributed by atoms with Crippen LogP contribution in [0.15, 0.2) is 42.0 Å². The molecule has 3 rings (SSSR count). The molecule has 0 amide bonds. The highest BCUT2D eigenvalue weighted by Crippen LogP contribution is 2.35. The molecule has 21 heavy (non-hydrogen) atoms. The molecule has 0 radical (unpaired) electrons. The average Bonchev–Trinajstić information content (AvgIpc) is 2.53. The lowest BCUT2D eigenvalue weighted by atomic mass is 9.97.